The van der Waals surface area contributed by atoms with E-state index in [1.165, 1.54) is 5.47 Å². The lowest BCUT2D eigenvalue weighted by Crippen LogP contribution is -1.73. The number of allylic oxidation sites excluding steroid dienone is 3. The Kier molecular flexibility index (Phi) is 3.48. The summed E-state index contributed by atoms with van der Waals surface area (Å²) in [6, 6.07) is 0. The Morgan fingerprint density at radius 2 is 2.43 bits per heavy atom. The highest BCUT2D eigenvalue weighted by molar-refractivity contribution is 6.21. The third-order valence-corrected chi connectivity index (χ3v) is 0.960. The van der Waals surface area contributed by atoms with Gasteiger partial charge in [0.15, 0.2) is 0 Å². The molecule has 0 amide bonds. The second-order valence-electron chi connectivity index (χ2n) is 1.60. The molecule has 0 saturated carbocycles. The normalized spacial score (nSPS) is 11.3. The summed E-state index contributed by atoms with van der Waals surface area (Å²) in [6.45, 7) is 5.71. The lowest BCUT2D eigenvalue weighted by molar-refractivity contribution is 1.19. The van der Waals surface area contributed by atoms with Gasteiger partial charge in [0.05, 0.1) is 0 Å². The molecule has 0 nitrogen and oxygen atoms in total. The Morgan fingerprint density at radius 1 is 1.86 bits per heavy atom. The molecule has 0 N–H and O–H groups in total. The van der Waals surface area contributed by atoms with Gasteiger partial charge in [-0.3, -0.25) is 0 Å². The van der Waals surface area contributed by atoms with Gasteiger partial charge in [0.1, 0.15) is 7.85 Å². The molecule has 0 atom stereocenters. The van der Waals surface area contributed by atoms with Gasteiger partial charge >= 0.3 is 0 Å². The van der Waals surface area contributed by atoms with Crippen molar-refractivity contribution in [1.82, 2.24) is 0 Å². The zero-order chi connectivity index (χ0) is 5.70. The Hall–Kier alpha value is -0.455. The predicted molar refractivity (Wildman–Crippen MR) is 37.1 cm³/mol. The first kappa shape index (κ1) is 6.54. The molecule has 0 aliphatic heterocycles. The maximum atomic E-state index is 3.57. The van der Waals surface area contributed by atoms with E-state index >= 15 is 0 Å². The summed E-state index contributed by atoms with van der Waals surface area (Å²) in [5.41, 5.74) is 1.38. The average molecular weight is 94.0 g/mol. The molecule has 7 heavy (non-hydrogen) atoms. The van der Waals surface area contributed by atoms with Gasteiger partial charge in [-0.25, -0.2) is 0 Å². The molecular weight excluding hydrogens is 82.9 g/mol. The van der Waals surface area contributed by atoms with Crippen LogP contribution in [0.3, 0.4) is 0 Å². The van der Waals surface area contributed by atoms with E-state index in [2.05, 4.69) is 21.3 Å². The summed E-state index contributed by atoms with van der Waals surface area (Å²) in [5, 5.41) is 0. The standard InChI is InChI=1S/C6H11B/c1-3-5-6(7)4-2/h3,5H,1,4,7H2,2H3/b6-5+. The van der Waals surface area contributed by atoms with Crippen LogP contribution in [0.25, 0.3) is 0 Å². The summed E-state index contributed by atoms with van der Waals surface area (Å²) in [7, 11) is 2.10. The van der Waals surface area contributed by atoms with Crippen LogP contribution >= 0.6 is 0 Å². The largest absolute Gasteiger partial charge is 0.133 e. The maximum Gasteiger partial charge on any atom is 0.133 e. The average Bonchev–Trinajstić information content (AvgIpc) is 1.68. The lowest BCUT2D eigenvalue weighted by atomic mass is 9.93. The fourth-order valence-corrected chi connectivity index (χ4v) is 0.319. The van der Waals surface area contributed by atoms with Crippen molar-refractivity contribution in [1.29, 1.82) is 0 Å². The first-order chi connectivity index (χ1) is 3.31. The van der Waals surface area contributed by atoms with E-state index in [0.717, 1.165) is 6.42 Å². The van der Waals surface area contributed by atoms with Crippen molar-refractivity contribution < 1.29 is 0 Å². The molecule has 0 radical (unpaired) electrons. The van der Waals surface area contributed by atoms with Crippen LogP contribution in [-0.4, -0.2) is 7.85 Å². The summed E-state index contributed by atoms with van der Waals surface area (Å²) < 4.78 is 0. The van der Waals surface area contributed by atoms with E-state index < -0.39 is 0 Å². The summed E-state index contributed by atoms with van der Waals surface area (Å²) in [4.78, 5) is 0. The van der Waals surface area contributed by atoms with Crippen molar-refractivity contribution in [3.05, 3.63) is 24.2 Å². The molecule has 38 valence electrons. The zero-order valence-corrected chi connectivity index (χ0v) is 5.07. The topological polar surface area (TPSA) is 0 Å². The maximum absolute atomic E-state index is 3.57. The molecule has 0 aromatic rings. The van der Waals surface area contributed by atoms with E-state index in [1.54, 1.807) is 0 Å². The Bertz CT molecular complexity index is 82.2. The Balaban J connectivity index is 3.49. The molecule has 0 aromatic carbocycles. The van der Waals surface area contributed by atoms with Crippen LogP contribution in [0, 0.1) is 0 Å². The highest BCUT2D eigenvalue weighted by atomic mass is 13.7. The molecule has 0 saturated heterocycles. The predicted octanol–water partition coefficient (Wildman–Crippen LogP) is 1.10. The molecule has 0 rings (SSSR count). The highest BCUT2D eigenvalue weighted by Crippen LogP contribution is 1.91. The number of hydrogen-bond acceptors (Lipinski definition) is 0. The van der Waals surface area contributed by atoms with E-state index in [-0.39, 0.29) is 0 Å². The molecule has 0 fully saturated rings. The van der Waals surface area contributed by atoms with Crippen LogP contribution in [-0.2, 0) is 0 Å². The van der Waals surface area contributed by atoms with Crippen LogP contribution in [0.1, 0.15) is 13.3 Å². The van der Waals surface area contributed by atoms with Crippen molar-refractivity contribution >= 4 is 7.85 Å². The molecule has 1 heteroatoms. The Morgan fingerprint density at radius 3 is 2.57 bits per heavy atom. The lowest BCUT2D eigenvalue weighted by Gasteiger charge is -1.86. The van der Waals surface area contributed by atoms with E-state index in [4.69, 9.17) is 0 Å². The fraction of sp³-hybridized carbons (Fsp3) is 0.333. The van der Waals surface area contributed by atoms with Crippen LogP contribution in [0.4, 0.5) is 0 Å². The van der Waals surface area contributed by atoms with Crippen molar-refractivity contribution in [2.45, 2.75) is 13.3 Å². The van der Waals surface area contributed by atoms with Crippen molar-refractivity contribution in [2.24, 2.45) is 0 Å². The second kappa shape index (κ2) is 3.73. The van der Waals surface area contributed by atoms with Gasteiger partial charge in [0.2, 0.25) is 0 Å². The first-order valence-electron chi connectivity index (χ1n) is 2.59. The quantitative estimate of drug-likeness (QED) is 0.355. The fourth-order valence-electron chi connectivity index (χ4n) is 0.319. The molecule has 0 spiro atoms. The summed E-state index contributed by atoms with van der Waals surface area (Å²) in [5.74, 6) is 0. The number of hydrogen-bond donors (Lipinski definition) is 0. The third-order valence-electron chi connectivity index (χ3n) is 0.960. The Labute approximate surface area is 46.3 Å². The molecule has 0 heterocycles. The number of rotatable bonds is 2. The van der Waals surface area contributed by atoms with E-state index in [1.807, 2.05) is 12.2 Å². The van der Waals surface area contributed by atoms with Crippen LogP contribution < -0.4 is 0 Å². The van der Waals surface area contributed by atoms with Crippen LogP contribution in [0.15, 0.2) is 24.2 Å². The smallest absolute Gasteiger partial charge is 0.110 e. The SMILES string of the molecule is B/C(=C/C=C)CC. The minimum Gasteiger partial charge on any atom is -0.110 e. The molecule has 0 bridgehead atoms. The minimum absolute atomic E-state index is 1.13. The van der Waals surface area contributed by atoms with Crippen molar-refractivity contribution in [2.75, 3.05) is 0 Å². The van der Waals surface area contributed by atoms with Gasteiger partial charge in [-0.05, 0) is 6.42 Å². The van der Waals surface area contributed by atoms with E-state index in [9.17, 15) is 0 Å². The zero-order valence-electron chi connectivity index (χ0n) is 5.07. The van der Waals surface area contributed by atoms with Gasteiger partial charge in [-0.15, -0.1) is 5.47 Å². The molecule has 0 aliphatic rings. The molecular formula is C6H11B. The molecule has 0 unspecified atom stereocenters. The molecule has 0 aliphatic carbocycles. The minimum atomic E-state index is 1.13. The van der Waals surface area contributed by atoms with Crippen LogP contribution in [0.2, 0.25) is 0 Å². The summed E-state index contributed by atoms with van der Waals surface area (Å²) >= 11 is 0. The first-order valence-corrected chi connectivity index (χ1v) is 2.59. The van der Waals surface area contributed by atoms with Gasteiger partial charge in [0.25, 0.3) is 0 Å². The van der Waals surface area contributed by atoms with Gasteiger partial charge in [0, 0.05) is 0 Å². The van der Waals surface area contributed by atoms with Crippen LogP contribution in [0.5, 0.6) is 0 Å². The second-order valence-corrected chi connectivity index (χ2v) is 1.60. The summed E-state index contributed by atoms with van der Waals surface area (Å²) in [6.07, 6.45) is 4.98. The van der Waals surface area contributed by atoms with Gasteiger partial charge in [-0.2, -0.15) is 0 Å². The molecule has 0 aromatic heterocycles. The third kappa shape index (κ3) is 3.37. The van der Waals surface area contributed by atoms with E-state index in [0.29, 0.717) is 0 Å². The van der Waals surface area contributed by atoms with Gasteiger partial charge < -0.3 is 0 Å². The monoisotopic (exact) mass is 94.1 g/mol. The van der Waals surface area contributed by atoms with Gasteiger partial charge in [-0.1, -0.05) is 25.7 Å². The van der Waals surface area contributed by atoms with Crippen molar-refractivity contribution in [3.8, 4) is 0 Å². The van der Waals surface area contributed by atoms with Crippen molar-refractivity contribution in [3.63, 3.8) is 0 Å². The highest BCUT2D eigenvalue weighted by Gasteiger charge is 1.75.